The maximum atomic E-state index is 13.0. The van der Waals surface area contributed by atoms with E-state index in [4.69, 9.17) is 13.9 Å². The lowest BCUT2D eigenvalue weighted by atomic mass is 9.98. The largest absolute Gasteiger partial charge is 0.497 e. The number of carbonyl (C=O) groups is 1. The second kappa shape index (κ2) is 8.89. The number of thiophene rings is 1. The van der Waals surface area contributed by atoms with E-state index < -0.39 is 5.60 Å². The summed E-state index contributed by atoms with van der Waals surface area (Å²) in [6.07, 6.45) is 1.49. The molecule has 4 aromatic rings. The maximum absolute atomic E-state index is 13.0. The number of nitrogens with zero attached hydrogens (tertiary/aromatic N) is 2. The molecule has 0 radical (unpaired) electrons. The lowest BCUT2D eigenvalue weighted by Gasteiger charge is -2.25. The summed E-state index contributed by atoms with van der Waals surface area (Å²) in [6.45, 7) is -0.0666. The van der Waals surface area contributed by atoms with Crippen molar-refractivity contribution in [3.63, 3.8) is 0 Å². The number of hydrogen-bond donors (Lipinski definition) is 2. The van der Waals surface area contributed by atoms with Crippen molar-refractivity contribution >= 4 is 17.2 Å². The number of aliphatic hydroxyl groups is 1. The number of nitrogens with one attached hydrogen (secondary N) is 1. The zero-order valence-electron chi connectivity index (χ0n) is 17.9. The Morgan fingerprint density at radius 3 is 2.72 bits per heavy atom. The van der Waals surface area contributed by atoms with Gasteiger partial charge in [0, 0.05) is 17.5 Å². The van der Waals surface area contributed by atoms with Crippen molar-refractivity contribution in [2.24, 2.45) is 7.05 Å². The molecule has 1 atom stereocenters. The van der Waals surface area contributed by atoms with Gasteiger partial charge in [0.2, 0.25) is 0 Å². The summed E-state index contributed by atoms with van der Waals surface area (Å²) in [5, 5.41) is 20.5. The third-order valence-electron chi connectivity index (χ3n) is 5.16. The Balaban J connectivity index is 1.59. The van der Waals surface area contributed by atoms with E-state index in [-0.39, 0.29) is 12.5 Å². The Kier molecular flexibility index (Phi) is 6.02. The van der Waals surface area contributed by atoms with Crippen LogP contribution in [0.5, 0.6) is 11.5 Å². The molecule has 32 heavy (non-hydrogen) atoms. The Labute approximate surface area is 189 Å². The van der Waals surface area contributed by atoms with E-state index in [1.807, 2.05) is 11.4 Å². The molecule has 0 aliphatic rings. The van der Waals surface area contributed by atoms with Crippen LogP contribution in [0.25, 0.3) is 11.3 Å². The fourth-order valence-electron chi connectivity index (χ4n) is 3.45. The van der Waals surface area contributed by atoms with Crippen LogP contribution in [0, 0.1) is 0 Å². The number of furan rings is 1. The molecule has 2 N–H and O–H groups in total. The predicted molar refractivity (Wildman–Crippen MR) is 120 cm³/mol. The molecule has 166 valence electrons. The number of benzene rings is 1. The van der Waals surface area contributed by atoms with Crippen molar-refractivity contribution in [2.45, 2.75) is 5.60 Å². The predicted octanol–water partition coefficient (Wildman–Crippen LogP) is 3.42. The molecule has 0 saturated carbocycles. The number of ether oxygens (including phenoxy) is 2. The van der Waals surface area contributed by atoms with Gasteiger partial charge in [-0.3, -0.25) is 9.48 Å². The van der Waals surface area contributed by atoms with Gasteiger partial charge in [-0.2, -0.15) is 5.10 Å². The summed E-state index contributed by atoms with van der Waals surface area (Å²) in [5.41, 5.74) is 0.114. The number of amides is 1. The minimum atomic E-state index is -1.48. The highest BCUT2D eigenvalue weighted by Gasteiger charge is 2.36. The Morgan fingerprint density at radius 1 is 1.22 bits per heavy atom. The fraction of sp³-hybridized carbons (Fsp3) is 0.217. The number of hydrogen-bond acceptors (Lipinski definition) is 7. The highest BCUT2D eigenvalue weighted by atomic mass is 32.1. The maximum Gasteiger partial charge on any atom is 0.269 e. The van der Waals surface area contributed by atoms with E-state index in [2.05, 4.69) is 10.4 Å². The van der Waals surface area contributed by atoms with Crippen LogP contribution in [-0.4, -0.2) is 41.6 Å². The van der Waals surface area contributed by atoms with Gasteiger partial charge in [-0.05, 0) is 47.8 Å². The first-order chi connectivity index (χ1) is 15.5. The summed E-state index contributed by atoms with van der Waals surface area (Å²) >= 11 is 1.38. The second-order valence-electron chi connectivity index (χ2n) is 7.10. The Bertz CT molecular complexity index is 1160. The molecule has 0 spiro atoms. The topological polar surface area (TPSA) is 98.8 Å². The molecule has 0 aliphatic heterocycles. The Hall–Kier alpha value is -3.56. The molecule has 0 aliphatic carbocycles. The van der Waals surface area contributed by atoms with Crippen molar-refractivity contribution in [2.75, 3.05) is 20.8 Å². The summed E-state index contributed by atoms with van der Waals surface area (Å²) in [7, 11) is 4.83. The molecule has 9 heteroatoms. The van der Waals surface area contributed by atoms with Crippen LogP contribution >= 0.6 is 11.3 Å². The van der Waals surface area contributed by atoms with E-state index >= 15 is 0 Å². The van der Waals surface area contributed by atoms with Crippen molar-refractivity contribution in [1.82, 2.24) is 15.1 Å². The standard InChI is InChI=1S/C23H23N3O5S/c1-26-18(13-17(25-26)16-12-15(29-2)8-9-19(16)30-3)22(27)24-14-23(28,20-6-4-10-31-20)21-7-5-11-32-21/h4-13,28H,14H2,1-3H3,(H,24,27). The first kappa shape index (κ1) is 21.7. The number of methoxy groups -OCH3 is 2. The third kappa shape index (κ3) is 4.00. The highest BCUT2D eigenvalue weighted by Crippen LogP contribution is 2.34. The van der Waals surface area contributed by atoms with Gasteiger partial charge in [-0.15, -0.1) is 11.3 Å². The molecule has 1 unspecified atom stereocenters. The number of aryl methyl sites for hydroxylation is 1. The van der Waals surface area contributed by atoms with Gasteiger partial charge in [-0.25, -0.2) is 0 Å². The molecular formula is C23H23N3O5S. The van der Waals surface area contributed by atoms with Gasteiger partial charge in [0.25, 0.3) is 5.91 Å². The normalized spacial score (nSPS) is 12.9. The highest BCUT2D eigenvalue weighted by molar-refractivity contribution is 7.10. The van der Waals surface area contributed by atoms with E-state index in [9.17, 15) is 9.90 Å². The van der Waals surface area contributed by atoms with E-state index in [0.29, 0.717) is 39.1 Å². The van der Waals surface area contributed by atoms with Crippen molar-refractivity contribution in [1.29, 1.82) is 0 Å². The number of carbonyl (C=O) groups excluding carboxylic acids is 1. The third-order valence-corrected chi connectivity index (χ3v) is 6.18. The summed E-state index contributed by atoms with van der Waals surface area (Å²) in [5.74, 6) is 1.24. The first-order valence-electron chi connectivity index (χ1n) is 9.81. The molecule has 0 saturated heterocycles. The molecule has 1 amide bonds. The van der Waals surface area contributed by atoms with Gasteiger partial charge in [0.05, 0.1) is 32.7 Å². The van der Waals surface area contributed by atoms with Gasteiger partial charge in [0.15, 0.2) is 5.60 Å². The zero-order valence-corrected chi connectivity index (χ0v) is 18.7. The van der Waals surface area contributed by atoms with Crippen LogP contribution in [0.3, 0.4) is 0 Å². The molecule has 3 aromatic heterocycles. The molecule has 1 aromatic carbocycles. The summed E-state index contributed by atoms with van der Waals surface area (Å²) in [4.78, 5) is 13.7. The lowest BCUT2D eigenvalue weighted by molar-refractivity contribution is 0.0551. The van der Waals surface area contributed by atoms with Gasteiger partial charge >= 0.3 is 0 Å². The number of rotatable bonds is 8. The van der Waals surface area contributed by atoms with Crippen LogP contribution in [0.15, 0.2) is 64.6 Å². The monoisotopic (exact) mass is 453 g/mol. The van der Waals surface area contributed by atoms with Crippen LogP contribution in [0.1, 0.15) is 21.1 Å². The smallest absolute Gasteiger partial charge is 0.269 e. The van der Waals surface area contributed by atoms with E-state index in [1.54, 1.807) is 63.7 Å². The molecule has 4 rings (SSSR count). The Morgan fingerprint density at radius 2 is 2.06 bits per heavy atom. The van der Waals surface area contributed by atoms with Crippen molar-refractivity contribution < 1.29 is 23.8 Å². The van der Waals surface area contributed by atoms with Gasteiger partial charge in [0.1, 0.15) is 23.0 Å². The van der Waals surface area contributed by atoms with Crippen molar-refractivity contribution in [3.05, 3.63) is 76.5 Å². The molecule has 0 bridgehead atoms. The average molecular weight is 454 g/mol. The quantitative estimate of drug-likeness (QED) is 0.424. The van der Waals surface area contributed by atoms with Gasteiger partial charge < -0.3 is 24.3 Å². The first-order valence-corrected chi connectivity index (χ1v) is 10.7. The van der Waals surface area contributed by atoms with Crippen LogP contribution in [0.4, 0.5) is 0 Å². The van der Waals surface area contributed by atoms with Crippen LogP contribution < -0.4 is 14.8 Å². The van der Waals surface area contributed by atoms with Crippen LogP contribution in [-0.2, 0) is 12.6 Å². The van der Waals surface area contributed by atoms with Crippen LogP contribution in [0.2, 0.25) is 0 Å². The molecule has 8 nitrogen and oxygen atoms in total. The van der Waals surface area contributed by atoms with E-state index in [1.165, 1.54) is 22.3 Å². The van der Waals surface area contributed by atoms with E-state index in [0.717, 1.165) is 0 Å². The van der Waals surface area contributed by atoms with Gasteiger partial charge in [-0.1, -0.05) is 6.07 Å². The lowest BCUT2D eigenvalue weighted by Crippen LogP contribution is -2.41. The molecule has 0 fully saturated rings. The SMILES string of the molecule is COc1ccc(OC)c(-c2cc(C(=O)NCC(O)(c3ccco3)c3cccs3)n(C)n2)c1. The second-order valence-corrected chi connectivity index (χ2v) is 8.05. The molecular weight excluding hydrogens is 430 g/mol. The zero-order chi connectivity index (χ0) is 22.7. The summed E-state index contributed by atoms with van der Waals surface area (Å²) < 4.78 is 17.7. The summed E-state index contributed by atoms with van der Waals surface area (Å²) in [6, 6.07) is 14.1. The molecule has 3 heterocycles. The number of aromatic nitrogens is 2. The fourth-order valence-corrected chi connectivity index (χ4v) is 4.28. The minimum absolute atomic E-state index is 0.0666. The minimum Gasteiger partial charge on any atom is -0.497 e. The van der Waals surface area contributed by atoms with Crippen molar-refractivity contribution in [3.8, 4) is 22.8 Å². The average Bonchev–Trinajstić information content (AvgIpc) is 3.59.